The van der Waals surface area contributed by atoms with E-state index in [0.717, 1.165) is 30.5 Å². The Hall–Kier alpha value is -3.59. The number of alkyl halides is 3. The van der Waals surface area contributed by atoms with Crippen LogP contribution in [0.5, 0.6) is 0 Å². The molecule has 0 radical (unpaired) electrons. The number of carbonyl (C=O) groups is 1. The van der Waals surface area contributed by atoms with Crippen molar-refractivity contribution in [1.82, 2.24) is 4.98 Å². The molecule has 3 heterocycles. The molecule has 2 aliphatic heterocycles. The Morgan fingerprint density at radius 2 is 2.03 bits per heavy atom. The van der Waals surface area contributed by atoms with Crippen LogP contribution in [0.25, 0.3) is 0 Å². The molecule has 0 bridgehead atoms. The first-order valence-electron chi connectivity index (χ1n) is 10.1. The lowest BCUT2D eigenvalue weighted by Gasteiger charge is -2.42. The average Bonchev–Trinajstić information content (AvgIpc) is 3.14. The molecule has 1 saturated heterocycles. The fourth-order valence-corrected chi connectivity index (χ4v) is 4.37. The number of ether oxygens (including phenoxy) is 1. The molecule has 0 unspecified atom stereocenters. The minimum atomic E-state index is -4.79. The molecular weight excluding hydrogens is 461 g/mol. The van der Waals surface area contributed by atoms with Gasteiger partial charge < -0.3 is 15.8 Å². The van der Waals surface area contributed by atoms with E-state index in [1.807, 2.05) is 6.07 Å². The summed E-state index contributed by atoms with van der Waals surface area (Å²) in [5.41, 5.74) is 2.26. The Morgan fingerprint density at radius 1 is 1.29 bits per heavy atom. The van der Waals surface area contributed by atoms with Crippen LogP contribution in [0.1, 0.15) is 29.4 Å². The highest BCUT2D eigenvalue weighted by Gasteiger charge is 2.64. The molecule has 1 amide bonds. The molecule has 4 atom stereocenters. The highest BCUT2D eigenvalue weighted by molar-refractivity contribution is 6.02. The number of halogens is 5. The van der Waals surface area contributed by atoms with Gasteiger partial charge in [0.25, 0.3) is 5.91 Å². The Bertz CT molecular complexity index is 1210. The molecule has 2 aliphatic rings. The van der Waals surface area contributed by atoms with Gasteiger partial charge in [0.2, 0.25) is 0 Å². The van der Waals surface area contributed by atoms with Crippen molar-refractivity contribution >= 4 is 17.4 Å². The number of nitriles is 1. The van der Waals surface area contributed by atoms with Gasteiger partial charge in [0, 0.05) is 17.2 Å². The van der Waals surface area contributed by atoms with E-state index in [-0.39, 0.29) is 29.2 Å². The normalized spacial score (nSPS) is 28.6. The van der Waals surface area contributed by atoms with Gasteiger partial charge >= 0.3 is 6.18 Å². The second-order valence-corrected chi connectivity index (χ2v) is 8.46. The summed E-state index contributed by atoms with van der Waals surface area (Å²) in [5.74, 6) is -3.95. The first-order chi connectivity index (χ1) is 15.9. The second kappa shape index (κ2) is 8.02. The molecule has 0 saturated carbocycles. The van der Waals surface area contributed by atoms with Crippen LogP contribution in [-0.2, 0) is 10.3 Å². The predicted molar refractivity (Wildman–Crippen MR) is 109 cm³/mol. The van der Waals surface area contributed by atoms with Crippen molar-refractivity contribution < 1.29 is 31.5 Å². The number of hydrogen-bond acceptors (Lipinski definition) is 6. The van der Waals surface area contributed by atoms with Crippen LogP contribution in [0.4, 0.5) is 27.6 Å². The summed E-state index contributed by atoms with van der Waals surface area (Å²) < 4.78 is 74.5. The van der Waals surface area contributed by atoms with E-state index in [0.29, 0.717) is 0 Å². The van der Waals surface area contributed by atoms with Gasteiger partial charge in [0.05, 0.1) is 18.9 Å². The third kappa shape index (κ3) is 3.86. The van der Waals surface area contributed by atoms with E-state index in [1.165, 1.54) is 13.0 Å². The van der Waals surface area contributed by atoms with Gasteiger partial charge in [-0.25, -0.2) is 13.8 Å². The van der Waals surface area contributed by atoms with Crippen LogP contribution in [0.2, 0.25) is 0 Å². The number of nitrogens with zero attached hydrogens (tertiary/aromatic N) is 3. The smallest absolute Gasteiger partial charge is 0.386 e. The van der Waals surface area contributed by atoms with E-state index < -0.39 is 53.3 Å². The lowest BCUT2D eigenvalue weighted by atomic mass is 9.66. The summed E-state index contributed by atoms with van der Waals surface area (Å²) in [6, 6.07) is 7.39. The van der Waals surface area contributed by atoms with Crippen molar-refractivity contribution in [2.24, 2.45) is 22.1 Å². The summed E-state index contributed by atoms with van der Waals surface area (Å²) in [6.45, 7) is 0.738. The lowest BCUT2D eigenvalue weighted by Crippen LogP contribution is -2.51. The van der Waals surface area contributed by atoms with Crippen molar-refractivity contribution in [2.75, 3.05) is 11.9 Å². The number of amides is 1. The molecule has 0 aliphatic carbocycles. The molecule has 0 spiro atoms. The van der Waals surface area contributed by atoms with Gasteiger partial charge in [-0.2, -0.15) is 18.4 Å². The number of rotatable bonds is 3. The van der Waals surface area contributed by atoms with E-state index in [9.17, 15) is 27.6 Å². The summed E-state index contributed by atoms with van der Waals surface area (Å²) in [4.78, 5) is 20.3. The molecular formula is C22H18F5N5O2. The predicted octanol–water partition coefficient (Wildman–Crippen LogP) is 3.68. The first-order valence-corrected chi connectivity index (χ1v) is 10.1. The number of anilines is 1. The molecule has 2 aromatic rings. The largest absolute Gasteiger partial charge is 0.415 e. The van der Waals surface area contributed by atoms with E-state index >= 15 is 4.39 Å². The van der Waals surface area contributed by atoms with Crippen LogP contribution in [0.15, 0.2) is 41.5 Å². The van der Waals surface area contributed by atoms with Gasteiger partial charge in [-0.3, -0.25) is 9.79 Å². The number of carbonyl (C=O) groups excluding carboxylic acids is 1. The van der Waals surface area contributed by atoms with Crippen LogP contribution in [0, 0.1) is 34.3 Å². The third-order valence-corrected chi connectivity index (χ3v) is 6.20. The van der Waals surface area contributed by atoms with Gasteiger partial charge in [0.1, 0.15) is 34.1 Å². The number of amidine groups is 1. The Balaban J connectivity index is 1.78. The van der Waals surface area contributed by atoms with E-state index in [2.05, 4.69) is 15.3 Å². The number of aromatic nitrogens is 1. The lowest BCUT2D eigenvalue weighted by molar-refractivity contribution is -0.218. The molecule has 12 heteroatoms. The zero-order valence-electron chi connectivity index (χ0n) is 17.7. The second-order valence-electron chi connectivity index (χ2n) is 8.46. The van der Waals surface area contributed by atoms with Gasteiger partial charge in [-0.05, 0) is 43.7 Å². The number of aliphatic imine (C=N–C) groups is 1. The van der Waals surface area contributed by atoms with E-state index in [1.54, 1.807) is 0 Å². The monoisotopic (exact) mass is 479 g/mol. The molecule has 4 rings (SSSR count). The number of nitrogens with two attached hydrogens (primary N) is 1. The van der Waals surface area contributed by atoms with Crippen molar-refractivity contribution in [3.05, 3.63) is 59.4 Å². The minimum absolute atomic E-state index is 0.0403. The number of benzene rings is 1. The summed E-state index contributed by atoms with van der Waals surface area (Å²) in [7, 11) is 0. The fraction of sp³-hybridized carbons (Fsp3) is 0.364. The standard InChI is InChI=1S/C22H18F5N5O2/c1-20(9-28)7-14-17(22(25,26)27)34-10-21(14,32-19(20)29)13-6-12(3-4-15(13)24)31-18(33)16-5-2-11(23)8-30-16/h2-6,8,14,17H,7,10H2,1H3,(H2,29,32)(H,31,33)/t14-,17+,20+,21-/m0/s1. The summed E-state index contributed by atoms with van der Waals surface area (Å²) in [5, 5.41) is 12.0. The summed E-state index contributed by atoms with van der Waals surface area (Å²) >= 11 is 0. The van der Waals surface area contributed by atoms with Crippen LogP contribution >= 0.6 is 0 Å². The van der Waals surface area contributed by atoms with Crippen molar-refractivity contribution in [1.29, 1.82) is 5.26 Å². The Morgan fingerprint density at radius 3 is 2.65 bits per heavy atom. The maximum Gasteiger partial charge on any atom is 0.415 e. The van der Waals surface area contributed by atoms with E-state index in [4.69, 9.17) is 10.5 Å². The topological polar surface area (TPSA) is 113 Å². The number of pyridine rings is 1. The third-order valence-electron chi connectivity index (χ3n) is 6.20. The maximum atomic E-state index is 15.0. The zero-order valence-corrected chi connectivity index (χ0v) is 17.7. The fourth-order valence-electron chi connectivity index (χ4n) is 4.37. The summed E-state index contributed by atoms with van der Waals surface area (Å²) in [6.07, 6.45) is -6.61. The molecule has 178 valence electrons. The minimum Gasteiger partial charge on any atom is -0.386 e. The first kappa shape index (κ1) is 23.6. The van der Waals surface area contributed by atoms with Crippen molar-refractivity contribution in [3.8, 4) is 6.07 Å². The molecule has 1 fully saturated rings. The Labute approximate surface area is 190 Å². The maximum absolute atomic E-state index is 15.0. The van der Waals surface area contributed by atoms with Gasteiger partial charge in [0.15, 0.2) is 6.10 Å². The van der Waals surface area contributed by atoms with Crippen molar-refractivity contribution in [2.45, 2.75) is 31.2 Å². The van der Waals surface area contributed by atoms with Crippen molar-refractivity contribution in [3.63, 3.8) is 0 Å². The van der Waals surface area contributed by atoms with Crippen LogP contribution < -0.4 is 11.1 Å². The highest BCUT2D eigenvalue weighted by Crippen LogP contribution is 2.55. The zero-order chi connectivity index (χ0) is 24.9. The molecule has 7 nitrogen and oxygen atoms in total. The van der Waals surface area contributed by atoms with Gasteiger partial charge in [-0.1, -0.05) is 0 Å². The average molecular weight is 479 g/mol. The number of fused-ring (bicyclic) bond motifs is 1. The molecule has 34 heavy (non-hydrogen) atoms. The van der Waals surface area contributed by atoms with Gasteiger partial charge in [-0.15, -0.1) is 0 Å². The Kier molecular flexibility index (Phi) is 5.56. The number of nitrogens with one attached hydrogen (secondary N) is 1. The quantitative estimate of drug-likeness (QED) is 0.653. The highest BCUT2D eigenvalue weighted by atomic mass is 19.4. The SMILES string of the molecule is C[C@]1(C#N)C[C@H]2[C@H](C(F)(F)F)OC[C@@]2(c2cc(NC(=O)c3ccc(F)cn3)ccc2F)N=C1N. The number of hydrogen-bond donors (Lipinski definition) is 2. The molecule has 1 aromatic heterocycles. The molecule has 3 N–H and O–H groups in total. The molecule has 1 aromatic carbocycles. The van der Waals surface area contributed by atoms with Crippen LogP contribution in [-0.4, -0.2) is 35.6 Å². The van der Waals surface area contributed by atoms with Crippen LogP contribution in [0.3, 0.4) is 0 Å².